The summed E-state index contributed by atoms with van der Waals surface area (Å²) < 4.78 is 0. The quantitative estimate of drug-likeness (QED) is 0.840. The minimum absolute atomic E-state index is 0.485. The van der Waals surface area contributed by atoms with Crippen molar-refractivity contribution in [2.45, 2.75) is 51.5 Å². The van der Waals surface area contributed by atoms with Crippen LogP contribution in [-0.4, -0.2) is 34.3 Å². The summed E-state index contributed by atoms with van der Waals surface area (Å²) >= 11 is 0. The van der Waals surface area contributed by atoms with Gasteiger partial charge in [0.1, 0.15) is 0 Å². The summed E-state index contributed by atoms with van der Waals surface area (Å²) in [6.45, 7) is 4.65. The van der Waals surface area contributed by atoms with Crippen LogP contribution in [0.3, 0.4) is 0 Å². The summed E-state index contributed by atoms with van der Waals surface area (Å²) in [6.07, 6.45) is 9.18. The lowest BCUT2D eigenvalue weighted by Gasteiger charge is -2.32. The van der Waals surface area contributed by atoms with Gasteiger partial charge in [-0.25, -0.2) is 0 Å². The summed E-state index contributed by atoms with van der Waals surface area (Å²) in [4.78, 5) is 7.02. The smallest absolute Gasteiger partial charge is 0.244 e. The Labute approximate surface area is 155 Å². The van der Waals surface area contributed by atoms with Crippen molar-refractivity contribution >= 4 is 23.1 Å². The van der Waals surface area contributed by atoms with Crippen LogP contribution in [0.25, 0.3) is 0 Å². The molecule has 1 saturated heterocycles. The monoisotopic (exact) mass is 352 g/mol. The van der Waals surface area contributed by atoms with Gasteiger partial charge in [0.2, 0.25) is 5.95 Å². The molecular formula is C20H28N6. The highest BCUT2D eigenvalue weighted by Gasteiger charge is 2.17. The predicted molar refractivity (Wildman–Crippen MR) is 106 cm³/mol. The van der Waals surface area contributed by atoms with E-state index in [9.17, 15) is 0 Å². The standard InChI is InChI=1S/C20H28N6/c1-15-10-12-26(13-11-15)18-8-6-17(7-9-18)22-19-14-21-25-20(24-19)23-16-4-2-3-5-16/h6-9,14-16H,2-5,10-13H2,1H3,(H2,22,23,24,25). The van der Waals surface area contributed by atoms with Gasteiger partial charge in [0, 0.05) is 30.5 Å². The number of piperidine rings is 1. The molecule has 26 heavy (non-hydrogen) atoms. The van der Waals surface area contributed by atoms with Crippen LogP contribution in [0.4, 0.5) is 23.1 Å². The fourth-order valence-electron chi connectivity index (χ4n) is 3.85. The highest BCUT2D eigenvalue weighted by Crippen LogP contribution is 2.25. The molecule has 2 N–H and O–H groups in total. The van der Waals surface area contributed by atoms with Crippen molar-refractivity contribution in [2.75, 3.05) is 28.6 Å². The third-order valence-electron chi connectivity index (χ3n) is 5.54. The molecule has 1 aromatic heterocycles. The summed E-state index contributed by atoms with van der Waals surface area (Å²) in [5.41, 5.74) is 2.32. The predicted octanol–water partition coefficient (Wildman–Crippen LogP) is 4.21. The second kappa shape index (κ2) is 7.89. The number of aromatic nitrogens is 3. The van der Waals surface area contributed by atoms with E-state index in [2.05, 4.69) is 61.9 Å². The highest BCUT2D eigenvalue weighted by atomic mass is 15.3. The van der Waals surface area contributed by atoms with Gasteiger partial charge in [-0.1, -0.05) is 19.8 Å². The molecule has 0 bridgehead atoms. The van der Waals surface area contributed by atoms with Crippen LogP contribution in [0, 0.1) is 5.92 Å². The first-order chi connectivity index (χ1) is 12.8. The Kier molecular flexibility index (Phi) is 5.18. The molecule has 1 aliphatic heterocycles. The molecule has 4 rings (SSSR count). The van der Waals surface area contributed by atoms with Crippen LogP contribution in [0.5, 0.6) is 0 Å². The van der Waals surface area contributed by atoms with E-state index in [1.54, 1.807) is 6.20 Å². The first-order valence-electron chi connectivity index (χ1n) is 9.84. The molecule has 0 spiro atoms. The Morgan fingerprint density at radius 3 is 2.46 bits per heavy atom. The van der Waals surface area contributed by atoms with Crippen LogP contribution in [-0.2, 0) is 0 Å². The largest absolute Gasteiger partial charge is 0.372 e. The molecule has 0 unspecified atom stereocenters. The lowest BCUT2D eigenvalue weighted by atomic mass is 9.99. The van der Waals surface area contributed by atoms with Gasteiger partial charge in [-0.3, -0.25) is 0 Å². The van der Waals surface area contributed by atoms with E-state index < -0.39 is 0 Å². The maximum absolute atomic E-state index is 4.55. The maximum Gasteiger partial charge on any atom is 0.244 e. The van der Waals surface area contributed by atoms with Gasteiger partial charge in [-0.05, 0) is 55.9 Å². The zero-order valence-corrected chi connectivity index (χ0v) is 15.5. The van der Waals surface area contributed by atoms with Crippen molar-refractivity contribution in [2.24, 2.45) is 5.92 Å². The van der Waals surface area contributed by atoms with Crippen molar-refractivity contribution < 1.29 is 0 Å². The fraction of sp³-hybridized carbons (Fsp3) is 0.550. The van der Waals surface area contributed by atoms with Gasteiger partial charge >= 0.3 is 0 Å². The van der Waals surface area contributed by atoms with E-state index in [0.717, 1.165) is 30.5 Å². The third-order valence-corrected chi connectivity index (χ3v) is 5.54. The molecule has 1 saturated carbocycles. The third kappa shape index (κ3) is 4.23. The average Bonchev–Trinajstić information content (AvgIpc) is 3.16. The highest BCUT2D eigenvalue weighted by molar-refractivity contribution is 5.61. The van der Waals surface area contributed by atoms with Crippen LogP contribution >= 0.6 is 0 Å². The van der Waals surface area contributed by atoms with Gasteiger partial charge in [-0.2, -0.15) is 10.1 Å². The summed E-state index contributed by atoms with van der Waals surface area (Å²) in [7, 11) is 0. The van der Waals surface area contributed by atoms with Crippen LogP contribution < -0.4 is 15.5 Å². The van der Waals surface area contributed by atoms with E-state index in [1.165, 1.54) is 44.2 Å². The van der Waals surface area contributed by atoms with Gasteiger partial charge < -0.3 is 15.5 Å². The van der Waals surface area contributed by atoms with Crippen LogP contribution in [0.1, 0.15) is 45.4 Å². The number of hydrogen-bond donors (Lipinski definition) is 2. The number of benzene rings is 1. The van der Waals surface area contributed by atoms with Crippen molar-refractivity contribution in [3.63, 3.8) is 0 Å². The van der Waals surface area contributed by atoms with Gasteiger partial charge in [-0.15, -0.1) is 5.10 Å². The Morgan fingerprint density at radius 2 is 1.73 bits per heavy atom. The van der Waals surface area contributed by atoms with E-state index in [-0.39, 0.29) is 0 Å². The zero-order chi connectivity index (χ0) is 17.8. The number of nitrogens with one attached hydrogen (secondary N) is 2. The molecule has 138 valence electrons. The van der Waals surface area contributed by atoms with E-state index in [1.807, 2.05) is 0 Å². The molecule has 0 amide bonds. The Balaban J connectivity index is 1.37. The minimum Gasteiger partial charge on any atom is -0.372 e. The van der Waals surface area contributed by atoms with Crippen molar-refractivity contribution in [1.29, 1.82) is 0 Å². The Bertz CT molecular complexity index is 702. The van der Waals surface area contributed by atoms with Crippen LogP contribution in [0.2, 0.25) is 0 Å². The van der Waals surface area contributed by atoms with Crippen molar-refractivity contribution in [3.8, 4) is 0 Å². The Hall–Kier alpha value is -2.37. The maximum atomic E-state index is 4.55. The number of nitrogens with zero attached hydrogens (tertiary/aromatic N) is 4. The molecule has 6 heteroatoms. The van der Waals surface area contributed by atoms with Crippen LogP contribution in [0.15, 0.2) is 30.5 Å². The molecule has 1 aromatic carbocycles. The minimum atomic E-state index is 0.485. The first-order valence-corrected chi connectivity index (χ1v) is 9.84. The molecule has 6 nitrogen and oxygen atoms in total. The normalized spacial score (nSPS) is 18.9. The van der Waals surface area contributed by atoms with Crippen molar-refractivity contribution in [1.82, 2.24) is 15.2 Å². The SMILES string of the molecule is CC1CCN(c2ccc(Nc3cnnc(NC4CCCC4)n3)cc2)CC1. The number of rotatable bonds is 5. The molecule has 0 atom stereocenters. The van der Waals surface area contributed by atoms with Crippen molar-refractivity contribution in [3.05, 3.63) is 30.5 Å². The van der Waals surface area contributed by atoms with E-state index >= 15 is 0 Å². The molecular weight excluding hydrogens is 324 g/mol. The summed E-state index contributed by atoms with van der Waals surface area (Å²) in [5, 5.41) is 14.9. The number of hydrogen-bond acceptors (Lipinski definition) is 6. The van der Waals surface area contributed by atoms with Gasteiger partial charge in [0.15, 0.2) is 5.82 Å². The molecule has 2 aliphatic rings. The lowest BCUT2D eigenvalue weighted by Crippen LogP contribution is -2.32. The Morgan fingerprint density at radius 1 is 1.00 bits per heavy atom. The molecule has 2 heterocycles. The second-order valence-electron chi connectivity index (χ2n) is 7.63. The molecule has 0 radical (unpaired) electrons. The molecule has 2 fully saturated rings. The van der Waals surface area contributed by atoms with E-state index in [0.29, 0.717) is 12.0 Å². The van der Waals surface area contributed by atoms with Gasteiger partial charge in [0.25, 0.3) is 0 Å². The summed E-state index contributed by atoms with van der Waals surface area (Å²) in [5.74, 6) is 2.19. The summed E-state index contributed by atoms with van der Waals surface area (Å²) in [6, 6.07) is 9.08. The molecule has 1 aliphatic carbocycles. The second-order valence-corrected chi connectivity index (χ2v) is 7.63. The lowest BCUT2D eigenvalue weighted by molar-refractivity contribution is 0.438. The number of anilines is 4. The van der Waals surface area contributed by atoms with E-state index in [4.69, 9.17) is 0 Å². The topological polar surface area (TPSA) is 66.0 Å². The zero-order valence-electron chi connectivity index (χ0n) is 15.5. The molecule has 2 aromatic rings. The van der Waals surface area contributed by atoms with Gasteiger partial charge in [0.05, 0.1) is 6.20 Å². The fourth-order valence-corrected chi connectivity index (χ4v) is 3.85. The first kappa shape index (κ1) is 17.1. The average molecular weight is 352 g/mol.